The van der Waals surface area contributed by atoms with Crippen LogP contribution >= 0.6 is 0 Å². The third-order valence-corrected chi connectivity index (χ3v) is 3.56. The molecule has 0 aliphatic carbocycles. The van der Waals surface area contributed by atoms with Crippen molar-refractivity contribution >= 4 is 0 Å². The summed E-state index contributed by atoms with van der Waals surface area (Å²) in [6, 6.07) is 6.05. The molecule has 0 fully saturated rings. The van der Waals surface area contributed by atoms with Crippen molar-refractivity contribution in [1.82, 2.24) is 14.5 Å². The van der Waals surface area contributed by atoms with Crippen molar-refractivity contribution in [3.8, 4) is 28.6 Å². The van der Waals surface area contributed by atoms with Crippen molar-refractivity contribution in [1.29, 1.82) is 0 Å². The molecule has 2 heterocycles. The van der Waals surface area contributed by atoms with Crippen LogP contribution in [0, 0.1) is 6.92 Å². The molecule has 5 nitrogen and oxygen atoms in total. The largest absolute Gasteiger partial charge is 0.508 e. The molecular weight excluding hydrogens is 335 g/mol. The fraction of sp³-hybridized carbons (Fsp3) is 0.176. The average Bonchev–Trinajstić information content (AvgIpc) is 2.99. The van der Waals surface area contributed by atoms with Crippen LogP contribution in [-0.4, -0.2) is 26.8 Å². The van der Waals surface area contributed by atoms with Crippen LogP contribution in [0.1, 0.15) is 11.3 Å². The van der Waals surface area contributed by atoms with Gasteiger partial charge in [0, 0.05) is 11.8 Å². The van der Waals surface area contributed by atoms with Crippen LogP contribution in [0.5, 0.6) is 11.6 Å². The highest BCUT2D eigenvalue weighted by atomic mass is 19.4. The van der Waals surface area contributed by atoms with Gasteiger partial charge < -0.3 is 14.4 Å². The minimum absolute atomic E-state index is 0.138. The van der Waals surface area contributed by atoms with E-state index in [1.165, 1.54) is 13.2 Å². The minimum atomic E-state index is -4.56. The Morgan fingerprint density at radius 2 is 1.92 bits per heavy atom. The predicted molar refractivity (Wildman–Crippen MR) is 84.8 cm³/mol. The number of phenolic OH excluding ortho intramolecular Hbond substituents is 1. The lowest BCUT2D eigenvalue weighted by molar-refractivity contribution is -0.137. The third kappa shape index (κ3) is 3.42. The minimum Gasteiger partial charge on any atom is -0.508 e. The third-order valence-electron chi connectivity index (χ3n) is 3.56. The highest BCUT2D eigenvalue weighted by Gasteiger charge is 2.31. The first-order chi connectivity index (χ1) is 11.8. The Labute approximate surface area is 141 Å². The van der Waals surface area contributed by atoms with E-state index in [1.807, 2.05) is 6.92 Å². The first kappa shape index (κ1) is 16.8. The normalized spacial score (nSPS) is 11.6. The van der Waals surface area contributed by atoms with E-state index >= 15 is 0 Å². The van der Waals surface area contributed by atoms with Crippen molar-refractivity contribution in [2.45, 2.75) is 13.1 Å². The Morgan fingerprint density at radius 3 is 2.52 bits per heavy atom. The molecule has 0 aliphatic heterocycles. The topological polar surface area (TPSA) is 60.2 Å². The van der Waals surface area contributed by atoms with E-state index in [-0.39, 0.29) is 17.1 Å². The fourth-order valence-electron chi connectivity index (χ4n) is 2.42. The number of benzene rings is 1. The zero-order valence-electron chi connectivity index (χ0n) is 13.4. The van der Waals surface area contributed by atoms with Crippen LogP contribution in [-0.2, 0) is 6.18 Å². The maximum atomic E-state index is 12.9. The molecule has 1 N–H and O–H groups in total. The highest BCUT2D eigenvalue weighted by molar-refractivity contribution is 5.65. The number of pyridine rings is 1. The molecule has 0 aliphatic rings. The number of methoxy groups -OCH3 is 1. The van der Waals surface area contributed by atoms with Gasteiger partial charge in [-0.1, -0.05) is 0 Å². The van der Waals surface area contributed by atoms with Crippen LogP contribution in [0.15, 0.2) is 42.9 Å². The first-order valence-electron chi connectivity index (χ1n) is 7.25. The van der Waals surface area contributed by atoms with Gasteiger partial charge in [-0.2, -0.15) is 13.2 Å². The second-order valence-electron chi connectivity index (χ2n) is 5.41. The number of rotatable bonds is 3. The molecule has 0 amide bonds. The fourth-order valence-corrected chi connectivity index (χ4v) is 2.42. The number of imidazole rings is 1. The maximum Gasteiger partial charge on any atom is 0.416 e. The number of aryl methyl sites for hydroxylation is 1. The first-order valence-corrected chi connectivity index (χ1v) is 7.25. The summed E-state index contributed by atoms with van der Waals surface area (Å²) in [5.41, 5.74) is 0.840. The lowest BCUT2D eigenvalue weighted by atomic mass is 10.1. The Hall–Kier alpha value is -3.03. The van der Waals surface area contributed by atoms with E-state index in [1.54, 1.807) is 29.2 Å². The molecule has 0 spiro atoms. The smallest absolute Gasteiger partial charge is 0.416 e. The van der Waals surface area contributed by atoms with Crippen molar-refractivity contribution in [2.24, 2.45) is 0 Å². The summed E-state index contributed by atoms with van der Waals surface area (Å²) in [5.74, 6) is -0.258. The quantitative estimate of drug-likeness (QED) is 0.777. The Kier molecular flexibility index (Phi) is 4.12. The van der Waals surface area contributed by atoms with Crippen molar-refractivity contribution in [2.75, 3.05) is 7.11 Å². The summed E-state index contributed by atoms with van der Waals surface area (Å²) >= 11 is 0. The number of aromatic nitrogens is 3. The molecule has 0 radical (unpaired) electrons. The van der Waals surface area contributed by atoms with Gasteiger partial charge in [0.25, 0.3) is 0 Å². The number of ether oxygens (including phenoxy) is 1. The number of aromatic hydroxyl groups is 1. The summed E-state index contributed by atoms with van der Waals surface area (Å²) in [4.78, 5) is 8.38. The molecule has 25 heavy (non-hydrogen) atoms. The summed E-state index contributed by atoms with van der Waals surface area (Å²) in [6.07, 6.45) is -1.20. The molecule has 8 heteroatoms. The van der Waals surface area contributed by atoms with Crippen molar-refractivity contribution in [3.63, 3.8) is 0 Å². The Balaban J connectivity index is 2.09. The van der Waals surface area contributed by atoms with Crippen molar-refractivity contribution in [3.05, 3.63) is 54.1 Å². The van der Waals surface area contributed by atoms with Gasteiger partial charge in [0.05, 0.1) is 30.4 Å². The molecule has 1 aromatic carbocycles. The van der Waals surface area contributed by atoms with Crippen molar-refractivity contribution < 1.29 is 23.0 Å². The number of alkyl halides is 3. The Bertz CT molecular complexity index is 920. The van der Waals surface area contributed by atoms with E-state index in [9.17, 15) is 18.3 Å². The summed E-state index contributed by atoms with van der Waals surface area (Å²) < 4.78 is 45.7. The molecule has 3 rings (SSSR count). The van der Waals surface area contributed by atoms with Gasteiger partial charge in [0.1, 0.15) is 11.4 Å². The van der Waals surface area contributed by atoms with Crippen LogP contribution < -0.4 is 4.74 Å². The van der Waals surface area contributed by atoms with Crippen LogP contribution in [0.4, 0.5) is 13.2 Å². The molecule has 0 atom stereocenters. The molecule has 130 valence electrons. The van der Waals surface area contributed by atoms with E-state index in [0.29, 0.717) is 11.8 Å². The second-order valence-corrected chi connectivity index (χ2v) is 5.41. The van der Waals surface area contributed by atoms with Crippen LogP contribution in [0.25, 0.3) is 16.9 Å². The van der Waals surface area contributed by atoms with Gasteiger partial charge in [-0.3, -0.25) is 0 Å². The number of nitrogens with zero attached hydrogens (tertiary/aromatic N) is 3. The highest BCUT2D eigenvalue weighted by Crippen LogP contribution is 2.35. The van der Waals surface area contributed by atoms with Gasteiger partial charge >= 0.3 is 6.18 Å². The number of halogens is 3. The monoisotopic (exact) mass is 349 g/mol. The summed E-state index contributed by atoms with van der Waals surface area (Å²) in [7, 11) is 1.42. The SMILES string of the molecule is COc1nc(-c2cc(O)cc(C(F)(F)F)c2)ccc1-n1cnc(C)c1. The second kappa shape index (κ2) is 6.12. The van der Waals surface area contributed by atoms with E-state index < -0.39 is 17.5 Å². The molecule has 2 aromatic heterocycles. The molecule has 0 saturated carbocycles. The lowest BCUT2D eigenvalue weighted by Gasteiger charge is -2.12. The summed E-state index contributed by atoms with van der Waals surface area (Å²) in [6.45, 7) is 1.83. The van der Waals surface area contributed by atoms with E-state index in [0.717, 1.165) is 11.8 Å². The van der Waals surface area contributed by atoms with Gasteiger partial charge in [0.15, 0.2) is 0 Å². The standard InChI is InChI=1S/C17H14F3N3O2/c1-10-8-23(9-21-10)15-4-3-14(22-16(15)25-2)11-5-12(17(18,19)20)7-13(24)6-11/h3-9,24H,1-2H3. The Morgan fingerprint density at radius 1 is 1.16 bits per heavy atom. The zero-order valence-corrected chi connectivity index (χ0v) is 13.4. The predicted octanol–water partition coefficient (Wildman–Crippen LogP) is 3.98. The van der Waals surface area contributed by atoms with E-state index in [4.69, 9.17) is 4.74 Å². The molecule has 0 bridgehead atoms. The molecule has 0 unspecified atom stereocenters. The lowest BCUT2D eigenvalue weighted by Crippen LogP contribution is -2.05. The average molecular weight is 349 g/mol. The summed E-state index contributed by atoms with van der Waals surface area (Å²) in [5, 5.41) is 9.61. The number of phenols is 1. The van der Waals surface area contributed by atoms with Gasteiger partial charge in [-0.25, -0.2) is 9.97 Å². The van der Waals surface area contributed by atoms with Crippen LogP contribution in [0.3, 0.4) is 0 Å². The van der Waals surface area contributed by atoms with Crippen LogP contribution in [0.2, 0.25) is 0 Å². The zero-order chi connectivity index (χ0) is 18.2. The van der Waals surface area contributed by atoms with Gasteiger partial charge in [-0.15, -0.1) is 0 Å². The van der Waals surface area contributed by atoms with Gasteiger partial charge in [0.2, 0.25) is 5.88 Å². The molecular formula is C17H14F3N3O2. The number of hydrogen-bond acceptors (Lipinski definition) is 4. The van der Waals surface area contributed by atoms with Gasteiger partial charge in [-0.05, 0) is 37.3 Å². The van der Waals surface area contributed by atoms with E-state index in [2.05, 4.69) is 9.97 Å². The maximum absolute atomic E-state index is 12.9. The number of hydrogen-bond donors (Lipinski definition) is 1. The molecule has 3 aromatic rings. The molecule has 0 saturated heterocycles.